The quantitative estimate of drug-likeness (QED) is 0.614. The summed E-state index contributed by atoms with van der Waals surface area (Å²) in [4.78, 5) is 24.2. The van der Waals surface area contributed by atoms with Crippen molar-refractivity contribution in [3.63, 3.8) is 0 Å². The lowest BCUT2D eigenvalue weighted by atomic mass is 10.2. The van der Waals surface area contributed by atoms with E-state index < -0.39 is 10.7 Å². The Morgan fingerprint density at radius 2 is 2.08 bits per heavy atom. The Morgan fingerprint density at radius 3 is 2.72 bits per heavy atom. The number of nitro benzene ring substituents is 1. The van der Waals surface area contributed by atoms with Gasteiger partial charge in [-0.3, -0.25) is 14.9 Å². The maximum Gasteiger partial charge on any atom is 0.292 e. The van der Waals surface area contributed by atoms with Crippen molar-refractivity contribution in [2.24, 2.45) is 0 Å². The van der Waals surface area contributed by atoms with Crippen molar-refractivity contribution in [1.82, 2.24) is 0 Å². The number of carbonyl (C=O) groups is 1. The van der Waals surface area contributed by atoms with Crippen LogP contribution in [0.2, 0.25) is 0 Å². The number of likely N-dealkylation sites (N-methyl/N-ethyl adjacent to an activating group) is 1. The van der Waals surface area contributed by atoms with Crippen molar-refractivity contribution < 1.29 is 18.8 Å². The van der Waals surface area contributed by atoms with Gasteiger partial charge >= 0.3 is 0 Å². The van der Waals surface area contributed by atoms with Gasteiger partial charge in [-0.15, -0.1) is 0 Å². The number of nitrogens with one attached hydrogen (secondary N) is 1. The van der Waals surface area contributed by atoms with Gasteiger partial charge in [0.25, 0.3) is 5.69 Å². The van der Waals surface area contributed by atoms with Crippen molar-refractivity contribution >= 4 is 23.0 Å². The van der Waals surface area contributed by atoms with E-state index >= 15 is 0 Å². The van der Waals surface area contributed by atoms with Gasteiger partial charge in [0.15, 0.2) is 0 Å². The summed E-state index contributed by atoms with van der Waals surface area (Å²) in [6, 6.07) is 9.98. The molecule has 0 bridgehead atoms. The van der Waals surface area contributed by atoms with Gasteiger partial charge in [0.1, 0.15) is 17.3 Å². The van der Waals surface area contributed by atoms with E-state index in [0.29, 0.717) is 18.0 Å². The predicted molar refractivity (Wildman–Crippen MR) is 92.6 cm³/mol. The van der Waals surface area contributed by atoms with Crippen LogP contribution in [-0.4, -0.2) is 31.0 Å². The molecular weight excluding hydrogens is 329 g/mol. The van der Waals surface area contributed by atoms with Crippen molar-refractivity contribution in [1.29, 1.82) is 0 Å². The standard InChI is InChI=1S/C17H18FN3O4/c1-3-20(16-9-12(18)7-8-15(16)21(23)24)11-17(22)19-13-5-4-6-14(10-13)25-2/h4-10H,3,11H2,1-2H3,(H,19,22). The molecule has 0 atom stereocenters. The highest BCUT2D eigenvalue weighted by atomic mass is 19.1. The molecule has 132 valence electrons. The number of hydrogen-bond donors (Lipinski definition) is 1. The molecular formula is C17H18FN3O4. The minimum Gasteiger partial charge on any atom is -0.497 e. The number of anilines is 2. The summed E-state index contributed by atoms with van der Waals surface area (Å²) < 4.78 is 18.6. The second-order valence-corrected chi connectivity index (χ2v) is 5.18. The largest absolute Gasteiger partial charge is 0.497 e. The smallest absolute Gasteiger partial charge is 0.292 e. The van der Waals surface area contributed by atoms with E-state index in [1.807, 2.05) is 0 Å². The molecule has 0 fully saturated rings. The molecule has 0 spiro atoms. The molecule has 1 N–H and O–H groups in total. The van der Waals surface area contributed by atoms with Crippen LogP contribution in [0.25, 0.3) is 0 Å². The molecule has 1 amide bonds. The fraction of sp³-hybridized carbons (Fsp3) is 0.235. The lowest BCUT2D eigenvalue weighted by Crippen LogP contribution is -2.33. The number of benzene rings is 2. The van der Waals surface area contributed by atoms with E-state index in [1.165, 1.54) is 12.0 Å². The number of amides is 1. The highest BCUT2D eigenvalue weighted by molar-refractivity contribution is 5.94. The number of methoxy groups -OCH3 is 1. The summed E-state index contributed by atoms with van der Waals surface area (Å²) in [5, 5.41) is 13.8. The van der Waals surface area contributed by atoms with Gasteiger partial charge in [0.05, 0.1) is 18.6 Å². The van der Waals surface area contributed by atoms with Crippen molar-refractivity contribution in [3.05, 3.63) is 58.4 Å². The van der Waals surface area contributed by atoms with E-state index in [2.05, 4.69) is 5.32 Å². The van der Waals surface area contributed by atoms with E-state index in [4.69, 9.17) is 4.74 Å². The Balaban J connectivity index is 2.17. The number of halogens is 1. The first-order chi connectivity index (χ1) is 11.9. The lowest BCUT2D eigenvalue weighted by molar-refractivity contribution is -0.384. The normalized spacial score (nSPS) is 10.2. The van der Waals surface area contributed by atoms with Crippen LogP contribution < -0.4 is 15.0 Å². The number of nitro groups is 1. The lowest BCUT2D eigenvalue weighted by Gasteiger charge is -2.22. The fourth-order valence-corrected chi connectivity index (χ4v) is 2.35. The maximum atomic E-state index is 13.5. The van der Waals surface area contributed by atoms with E-state index in [0.717, 1.165) is 18.2 Å². The number of hydrogen-bond acceptors (Lipinski definition) is 5. The van der Waals surface area contributed by atoms with Crippen molar-refractivity contribution in [2.75, 3.05) is 30.4 Å². The molecule has 0 saturated carbocycles. The molecule has 0 aliphatic carbocycles. The van der Waals surface area contributed by atoms with Crippen molar-refractivity contribution in [3.8, 4) is 5.75 Å². The molecule has 0 aromatic heterocycles. The zero-order chi connectivity index (χ0) is 18.4. The Labute approximate surface area is 144 Å². The summed E-state index contributed by atoms with van der Waals surface area (Å²) in [5.74, 6) is -0.396. The van der Waals surface area contributed by atoms with E-state index in [9.17, 15) is 19.3 Å². The minimum atomic E-state index is -0.604. The average molecular weight is 347 g/mol. The summed E-state index contributed by atoms with van der Waals surface area (Å²) in [6.45, 7) is 1.88. The molecule has 0 unspecified atom stereocenters. The maximum absolute atomic E-state index is 13.5. The zero-order valence-corrected chi connectivity index (χ0v) is 13.9. The third-order valence-corrected chi connectivity index (χ3v) is 3.54. The van der Waals surface area contributed by atoms with Gasteiger partial charge in [0.2, 0.25) is 5.91 Å². The Bertz CT molecular complexity index is 782. The molecule has 7 nitrogen and oxygen atoms in total. The highest BCUT2D eigenvalue weighted by Crippen LogP contribution is 2.28. The van der Waals surface area contributed by atoms with Crippen LogP contribution in [0.5, 0.6) is 5.75 Å². The molecule has 2 aromatic carbocycles. The third kappa shape index (κ3) is 4.66. The second-order valence-electron chi connectivity index (χ2n) is 5.18. The average Bonchev–Trinajstić information content (AvgIpc) is 2.59. The molecule has 8 heteroatoms. The van der Waals surface area contributed by atoms with Gasteiger partial charge in [-0.25, -0.2) is 4.39 Å². The first-order valence-corrected chi connectivity index (χ1v) is 7.57. The van der Waals surface area contributed by atoms with Crippen LogP contribution in [0, 0.1) is 15.9 Å². The minimum absolute atomic E-state index is 0.0632. The summed E-state index contributed by atoms with van der Waals surface area (Å²) in [7, 11) is 1.52. The molecule has 2 rings (SSSR count). The number of ether oxygens (including phenoxy) is 1. The van der Waals surface area contributed by atoms with Gasteiger partial charge < -0.3 is 15.0 Å². The number of nitrogens with zero attached hydrogens (tertiary/aromatic N) is 2. The summed E-state index contributed by atoms with van der Waals surface area (Å²) in [5.41, 5.74) is 0.347. The zero-order valence-electron chi connectivity index (χ0n) is 13.9. The Hall–Kier alpha value is -3.16. The molecule has 0 heterocycles. The monoisotopic (exact) mass is 347 g/mol. The number of carbonyl (C=O) groups excluding carboxylic acids is 1. The van der Waals surface area contributed by atoms with Gasteiger partial charge in [0, 0.05) is 30.4 Å². The first-order valence-electron chi connectivity index (χ1n) is 7.57. The number of rotatable bonds is 7. The predicted octanol–water partition coefficient (Wildman–Crippen LogP) is 3.21. The van der Waals surface area contributed by atoms with Gasteiger partial charge in [-0.1, -0.05) is 6.07 Å². The van der Waals surface area contributed by atoms with Crippen LogP contribution >= 0.6 is 0 Å². The first kappa shape index (κ1) is 18.2. The molecule has 25 heavy (non-hydrogen) atoms. The van der Waals surface area contributed by atoms with E-state index in [1.54, 1.807) is 31.2 Å². The molecule has 0 saturated heterocycles. The molecule has 0 aliphatic rings. The molecule has 0 radical (unpaired) electrons. The molecule has 2 aromatic rings. The highest BCUT2D eigenvalue weighted by Gasteiger charge is 2.21. The van der Waals surface area contributed by atoms with Crippen LogP contribution in [0.1, 0.15) is 6.92 Å². The topological polar surface area (TPSA) is 84.7 Å². The second kappa shape index (κ2) is 8.09. The van der Waals surface area contributed by atoms with Crippen LogP contribution in [-0.2, 0) is 4.79 Å². The van der Waals surface area contributed by atoms with Crippen LogP contribution in [0.15, 0.2) is 42.5 Å². The van der Waals surface area contributed by atoms with E-state index in [-0.39, 0.29) is 23.8 Å². The summed E-state index contributed by atoms with van der Waals surface area (Å²) in [6.07, 6.45) is 0. The summed E-state index contributed by atoms with van der Waals surface area (Å²) >= 11 is 0. The van der Waals surface area contributed by atoms with Gasteiger partial charge in [-0.2, -0.15) is 0 Å². The van der Waals surface area contributed by atoms with Crippen LogP contribution in [0.4, 0.5) is 21.5 Å². The van der Waals surface area contributed by atoms with Crippen LogP contribution in [0.3, 0.4) is 0 Å². The van der Waals surface area contributed by atoms with Gasteiger partial charge in [-0.05, 0) is 25.1 Å². The Kier molecular flexibility index (Phi) is 5.89. The molecule has 0 aliphatic heterocycles. The fourth-order valence-electron chi connectivity index (χ4n) is 2.35. The third-order valence-electron chi connectivity index (χ3n) is 3.54. The Morgan fingerprint density at radius 1 is 1.32 bits per heavy atom. The van der Waals surface area contributed by atoms with Crippen molar-refractivity contribution in [2.45, 2.75) is 6.92 Å². The SMILES string of the molecule is CCN(CC(=O)Nc1cccc(OC)c1)c1cc(F)ccc1[N+](=O)[O-].